The summed E-state index contributed by atoms with van der Waals surface area (Å²) in [4.78, 5) is 24.8. The molecule has 7 heteroatoms. The van der Waals surface area contributed by atoms with Gasteiger partial charge in [-0.2, -0.15) is 0 Å². The number of methoxy groups -OCH3 is 1. The summed E-state index contributed by atoms with van der Waals surface area (Å²) < 4.78 is 16.0. The van der Waals surface area contributed by atoms with E-state index in [0.29, 0.717) is 19.7 Å². The van der Waals surface area contributed by atoms with Crippen LogP contribution in [0, 0.1) is 0 Å². The summed E-state index contributed by atoms with van der Waals surface area (Å²) in [6.07, 6.45) is 0.838. The first-order valence-corrected chi connectivity index (χ1v) is 6.60. The van der Waals surface area contributed by atoms with Crippen molar-refractivity contribution >= 4 is 11.9 Å². The van der Waals surface area contributed by atoms with E-state index in [-0.39, 0.29) is 23.3 Å². The third kappa shape index (κ3) is 3.62. The highest BCUT2D eigenvalue weighted by atomic mass is 16.5. The van der Waals surface area contributed by atoms with Crippen molar-refractivity contribution in [3.63, 3.8) is 0 Å². The Morgan fingerprint density at radius 1 is 1.52 bits per heavy atom. The molecule has 0 radical (unpaired) electrons. The largest absolute Gasteiger partial charge is 0.478 e. The van der Waals surface area contributed by atoms with Crippen molar-refractivity contribution in [1.29, 1.82) is 0 Å². The lowest BCUT2D eigenvalue weighted by atomic mass is 10.0. The van der Waals surface area contributed by atoms with Gasteiger partial charge in [-0.15, -0.1) is 0 Å². The molecule has 1 aliphatic rings. The zero-order valence-electron chi connectivity index (χ0n) is 12.3. The fourth-order valence-corrected chi connectivity index (χ4v) is 2.44. The minimum Gasteiger partial charge on any atom is -0.478 e. The summed E-state index contributed by atoms with van der Waals surface area (Å²) >= 11 is 0. The fraction of sp³-hybridized carbons (Fsp3) is 0.571. The predicted molar refractivity (Wildman–Crippen MR) is 72.4 cm³/mol. The van der Waals surface area contributed by atoms with Crippen molar-refractivity contribution < 1.29 is 28.6 Å². The van der Waals surface area contributed by atoms with Gasteiger partial charge >= 0.3 is 5.97 Å². The van der Waals surface area contributed by atoms with E-state index in [2.05, 4.69) is 0 Å². The van der Waals surface area contributed by atoms with E-state index in [4.69, 9.17) is 19.0 Å². The topological polar surface area (TPSA) is 89.2 Å². The molecule has 0 spiro atoms. The van der Waals surface area contributed by atoms with Crippen LogP contribution in [0.3, 0.4) is 0 Å². The van der Waals surface area contributed by atoms with Gasteiger partial charge < -0.3 is 23.9 Å². The van der Waals surface area contributed by atoms with E-state index in [1.807, 2.05) is 13.8 Å². The maximum Gasteiger partial charge on any atom is 0.338 e. The Hall–Kier alpha value is -1.86. The molecule has 0 aromatic carbocycles. The van der Waals surface area contributed by atoms with E-state index in [1.165, 1.54) is 6.07 Å². The third-order valence-electron chi connectivity index (χ3n) is 3.18. The summed E-state index contributed by atoms with van der Waals surface area (Å²) in [5.74, 6) is -1.46. The van der Waals surface area contributed by atoms with Crippen LogP contribution in [0.4, 0.5) is 0 Å². The number of rotatable bonds is 4. The second-order valence-corrected chi connectivity index (χ2v) is 5.65. The maximum atomic E-state index is 12.4. The van der Waals surface area contributed by atoms with Crippen LogP contribution >= 0.6 is 0 Å². The van der Waals surface area contributed by atoms with Crippen LogP contribution in [-0.4, -0.2) is 60.4 Å². The number of aromatic carboxylic acids is 1. The Bertz CT molecular complexity index is 535. The van der Waals surface area contributed by atoms with Crippen molar-refractivity contribution in [3.05, 3.63) is 23.7 Å². The molecule has 21 heavy (non-hydrogen) atoms. The quantitative estimate of drug-likeness (QED) is 0.899. The summed E-state index contributed by atoms with van der Waals surface area (Å²) in [7, 11) is 1.57. The first kappa shape index (κ1) is 15.5. The zero-order chi connectivity index (χ0) is 15.6. The van der Waals surface area contributed by atoms with Crippen LogP contribution in [0.2, 0.25) is 0 Å². The first-order valence-electron chi connectivity index (χ1n) is 6.60. The smallest absolute Gasteiger partial charge is 0.338 e. The SMILES string of the molecule is COCC1CN(C(=O)c2cc(C(=O)O)co2)CC(C)(C)O1. The monoisotopic (exact) mass is 297 g/mol. The van der Waals surface area contributed by atoms with Crippen LogP contribution in [0.15, 0.2) is 16.7 Å². The summed E-state index contributed by atoms with van der Waals surface area (Å²) in [5, 5.41) is 8.86. The predicted octanol–water partition coefficient (Wildman–Crippen LogP) is 1.24. The van der Waals surface area contributed by atoms with E-state index < -0.39 is 11.6 Å². The minimum absolute atomic E-state index is 0.0151. The molecule has 1 unspecified atom stereocenters. The molecule has 2 rings (SSSR count). The van der Waals surface area contributed by atoms with E-state index in [1.54, 1.807) is 12.0 Å². The van der Waals surface area contributed by atoms with Crippen LogP contribution < -0.4 is 0 Å². The van der Waals surface area contributed by atoms with Gasteiger partial charge in [0.1, 0.15) is 6.26 Å². The molecule has 0 bridgehead atoms. The molecule has 1 aromatic heterocycles. The van der Waals surface area contributed by atoms with Crippen molar-refractivity contribution in [3.8, 4) is 0 Å². The van der Waals surface area contributed by atoms with Gasteiger partial charge in [0.05, 0.1) is 23.9 Å². The molecule has 2 heterocycles. The molecular formula is C14H19NO6. The lowest BCUT2D eigenvalue weighted by Gasteiger charge is -2.42. The van der Waals surface area contributed by atoms with Crippen LogP contribution in [0.25, 0.3) is 0 Å². The van der Waals surface area contributed by atoms with Gasteiger partial charge in [-0.05, 0) is 13.8 Å². The average Bonchev–Trinajstić information content (AvgIpc) is 2.86. The first-order chi connectivity index (χ1) is 9.82. The molecule has 1 fully saturated rings. The molecule has 1 atom stereocenters. The van der Waals surface area contributed by atoms with E-state index in [0.717, 1.165) is 6.26 Å². The normalized spacial score (nSPS) is 21.3. The number of carbonyl (C=O) groups excluding carboxylic acids is 1. The van der Waals surface area contributed by atoms with Crippen LogP contribution in [0.5, 0.6) is 0 Å². The van der Waals surface area contributed by atoms with Gasteiger partial charge in [0.25, 0.3) is 5.91 Å². The molecule has 0 saturated carbocycles. The van der Waals surface area contributed by atoms with Gasteiger partial charge in [-0.3, -0.25) is 4.79 Å². The van der Waals surface area contributed by atoms with E-state index in [9.17, 15) is 9.59 Å². The average molecular weight is 297 g/mol. The van der Waals surface area contributed by atoms with Crippen molar-refractivity contribution in [2.24, 2.45) is 0 Å². The number of carbonyl (C=O) groups is 2. The molecule has 116 valence electrons. The number of furan rings is 1. The number of morpholine rings is 1. The number of nitrogens with zero attached hydrogens (tertiary/aromatic N) is 1. The lowest BCUT2D eigenvalue weighted by molar-refractivity contribution is -0.143. The van der Waals surface area contributed by atoms with E-state index >= 15 is 0 Å². The molecule has 7 nitrogen and oxygen atoms in total. The Morgan fingerprint density at radius 3 is 2.81 bits per heavy atom. The number of ether oxygens (including phenoxy) is 2. The number of amides is 1. The Labute approximate surface area is 122 Å². The van der Waals surface area contributed by atoms with Gasteiger partial charge in [-0.1, -0.05) is 0 Å². The number of hydrogen-bond donors (Lipinski definition) is 1. The van der Waals surface area contributed by atoms with Crippen molar-refractivity contribution in [2.75, 3.05) is 26.8 Å². The Morgan fingerprint density at radius 2 is 2.24 bits per heavy atom. The summed E-state index contributed by atoms with van der Waals surface area (Å²) in [6.45, 7) is 4.93. The molecule has 1 saturated heterocycles. The Kier molecular flexibility index (Phi) is 4.34. The zero-order valence-corrected chi connectivity index (χ0v) is 12.3. The van der Waals surface area contributed by atoms with Crippen molar-refractivity contribution in [2.45, 2.75) is 25.6 Å². The standard InChI is InChI=1S/C14H19NO6/c1-14(2)8-15(5-10(21-14)7-19-3)12(16)11-4-9(6-20-11)13(17)18/h4,6,10H,5,7-8H2,1-3H3,(H,17,18). The number of hydrogen-bond acceptors (Lipinski definition) is 5. The second-order valence-electron chi connectivity index (χ2n) is 5.65. The van der Waals surface area contributed by atoms with Gasteiger partial charge in [0, 0.05) is 26.3 Å². The molecule has 1 aromatic rings. The highest BCUT2D eigenvalue weighted by Gasteiger charge is 2.36. The molecule has 1 amide bonds. The molecular weight excluding hydrogens is 278 g/mol. The molecule has 0 aliphatic carbocycles. The fourth-order valence-electron chi connectivity index (χ4n) is 2.44. The van der Waals surface area contributed by atoms with Crippen LogP contribution in [0.1, 0.15) is 34.8 Å². The maximum absolute atomic E-state index is 12.4. The van der Waals surface area contributed by atoms with Gasteiger partial charge in [0.15, 0.2) is 5.76 Å². The third-order valence-corrected chi connectivity index (χ3v) is 3.18. The molecule has 1 aliphatic heterocycles. The summed E-state index contributed by atoms with van der Waals surface area (Å²) in [6, 6.07) is 1.23. The van der Waals surface area contributed by atoms with Gasteiger partial charge in [-0.25, -0.2) is 4.79 Å². The lowest BCUT2D eigenvalue weighted by Crippen LogP contribution is -2.55. The number of carboxylic acid groups (broad SMARTS) is 1. The second kappa shape index (κ2) is 5.87. The molecule has 1 N–H and O–H groups in total. The minimum atomic E-state index is -1.13. The van der Waals surface area contributed by atoms with Crippen LogP contribution in [-0.2, 0) is 9.47 Å². The Balaban J connectivity index is 2.14. The summed E-state index contributed by atoms with van der Waals surface area (Å²) in [5.41, 5.74) is -0.543. The highest BCUT2D eigenvalue weighted by Crippen LogP contribution is 2.23. The van der Waals surface area contributed by atoms with Gasteiger partial charge in [0.2, 0.25) is 0 Å². The van der Waals surface area contributed by atoms with Crippen molar-refractivity contribution in [1.82, 2.24) is 4.90 Å². The number of carboxylic acids is 1. The highest BCUT2D eigenvalue weighted by molar-refractivity contribution is 5.95.